The summed E-state index contributed by atoms with van der Waals surface area (Å²) < 4.78 is 0. The predicted molar refractivity (Wildman–Crippen MR) is 31.1 cm³/mol. The molecule has 0 spiro atoms. The molecule has 0 aromatic rings. The number of urea groups is 1. The van der Waals surface area contributed by atoms with Gasteiger partial charge in [0.2, 0.25) is 4.95 Å². The fourth-order valence-corrected chi connectivity index (χ4v) is 0.552. The van der Waals surface area contributed by atoms with Crippen molar-refractivity contribution in [3.8, 4) is 0 Å². The van der Waals surface area contributed by atoms with Gasteiger partial charge in [0, 0.05) is 0 Å². The van der Waals surface area contributed by atoms with Crippen LogP contribution < -0.4 is 5.32 Å². The number of hydrogen-bond acceptors (Lipinski definition) is 3. The lowest BCUT2D eigenvalue weighted by Gasteiger charge is -2.05. The molecule has 1 heterocycles. The van der Waals surface area contributed by atoms with Crippen LogP contribution in [0.25, 0.3) is 0 Å². The molecule has 0 radical (unpaired) electrons. The van der Waals surface area contributed by atoms with E-state index in [0.717, 1.165) is 0 Å². The van der Waals surface area contributed by atoms with Crippen LogP contribution >= 0.6 is 15.9 Å². The van der Waals surface area contributed by atoms with Crippen molar-refractivity contribution in [3.63, 3.8) is 0 Å². The number of imide groups is 1. The molecule has 0 aromatic carbocycles. The van der Waals surface area contributed by atoms with Crippen LogP contribution in [0, 0.1) is 0 Å². The van der Waals surface area contributed by atoms with Crippen LogP contribution in [-0.4, -0.2) is 16.9 Å². The average Bonchev–Trinajstić information content (AvgIpc) is 1.80. The van der Waals surface area contributed by atoms with E-state index < -0.39 is 16.9 Å². The molecule has 0 saturated heterocycles. The number of rotatable bonds is 0. The Morgan fingerprint density at radius 3 is 2.67 bits per heavy atom. The molecule has 0 aromatic heterocycles. The first-order chi connectivity index (χ1) is 4.20. The second-order valence-electron chi connectivity index (χ2n) is 1.35. The molecule has 0 bridgehead atoms. The SMILES string of the molecule is O=C1N=NC(Br)C(=O)N1. The van der Waals surface area contributed by atoms with Gasteiger partial charge in [-0.3, -0.25) is 10.1 Å². The Hall–Kier alpha value is -0.780. The fraction of sp³-hybridized carbons (Fsp3) is 0.333. The van der Waals surface area contributed by atoms with Crippen molar-refractivity contribution in [1.82, 2.24) is 5.32 Å². The topological polar surface area (TPSA) is 70.9 Å². The molecular formula is C3H2BrN3O2. The minimum Gasteiger partial charge on any atom is -0.272 e. The third kappa shape index (κ3) is 1.32. The lowest BCUT2D eigenvalue weighted by atomic mass is 10.6. The minimum absolute atomic E-state index is 0.477. The largest absolute Gasteiger partial charge is 0.366 e. The van der Waals surface area contributed by atoms with Crippen molar-refractivity contribution in [2.24, 2.45) is 10.2 Å². The van der Waals surface area contributed by atoms with Gasteiger partial charge in [0.1, 0.15) is 0 Å². The number of halogens is 1. The van der Waals surface area contributed by atoms with Crippen molar-refractivity contribution in [1.29, 1.82) is 0 Å². The third-order valence-corrected chi connectivity index (χ3v) is 1.30. The summed E-state index contributed by atoms with van der Waals surface area (Å²) in [5, 5.41) is 8.28. The first-order valence-corrected chi connectivity index (χ1v) is 3.01. The van der Waals surface area contributed by atoms with Gasteiger partial charge in [0.15, 0.2) is 0 Å². The molecule has 1 atom stereocenters. The maximum Gasteiger partial charge on any atom is 0.366 e. The molecular weight excluding hydrogens is 190 g/mol. The Balaban J connectivity index is 2.76. The first-order valence-electron chi connectivity index (χ1n) is 2.10. The average molecular weight is 192 g/mol. The predicted octanol–water partition coefficient (Wildman–Crippen LogP) is 0.409. The summed E-state index contributed by atoms with van der Waals surface area (Å²) in [6, 6.07) is -0.712. The van der Waals surface area contributed by atoms with Gasteiger partial charge in [-0.1, -0.05) is 21.0 Å². The summed E-state index contributed by atoms with van der Waals surface area (Å²) in [7, 11) is 0. The van der Waals surface area contributed by atoms with Gasteiger partial charge < -0.3 is 0 Å². The van der Waals surface area contributed by atoms with E-state index >= 15 is 0 Å². The number of carbonyl (C=O) groups excluding carboxylic acids is 2. The molecule has 0 saturated carbocycles. The molecule has 1 N–H and O–H groups in total. The Morgan fingerprint density at radius 2 is 2.22 bits per heavy atom. The highest BCUT2D eigenvalue weighted by molar-refractivity contribution is 9.10. The molecule has 5 nitrogen and oxygen atoms in total. The Kier molecular flexibility index (Phi) is 1.56. The number of azo groups is 1. The molecule has 1 aliphatic heterocycles. The normalized spacial score (nSPS) is 26.1. The molecule has 3 amide bonds. The smallest absolute Gasteiger partial charge is 0.272 e. The summed E-state index contributed by atoms with van der Waals surface area (Å²) in [6.07, 6.45) is 0. The molecule has 9 heavy (non-hydrogen) atoms. The maximum absolute atomic E-state index is 10.5. The van der Waals surface area contributed by atoms with Gasteiger partial charge in [-0.25, -0.2) is 4.79 Å². The Bertz CT molecular complexity index is 189. The van der Waals surface area contributed by atoms with Crippen molar-refractivity contribution in [2.45, 2.75) is 4.95 Å². The van der Waals surface area contributed by atoms with Crippen molar-refractivity contribution in [2.75, 3.05) is 0 Å². The fourth-order valence-electron chi connectivity index (χ4n) is 0.346. The Morgan fingerprint density at radius 1 is 1.56 bits per heavy atom. The van der Waals surface area contributed by atoms with Crippen molar-refractivity contribution >= 4 is 27.9 Å². The molecule has 1 aliphatic rings. The van der Waals surface area contributed by atoms with Gasteiger partial charge in [0.05, 0.1) is 0 Å². The van der Waals surface area contributed by atoms with E-state index in [1.54, 1.807) is 0 Å². The van der Waals surface area contributed by atoms with Gasteiger partial charge in [-0.2, -0.15) is 5.11 Å². The van der Waals surface area contributed by atoms with Crippen LogP contribution in [0.4, 0.5) is 4.79 Å². The van der Waals surface area contributed by atoms with Crippen LogP contribution in [0.2, 0.25) is 0 Å². The lowest BCUT2D eigenvalue weighted by Crippen LogP contribution is -2.36. The highest BCUT2D eigenvalue weighted by Crippen LogP contribution is 2.05. The number of hydrogen-bond donors (Lipinski definition) is 1. The van der Waals surface area contributed by atoms with E-state index in [9.17, 15) is 9.59 Å². The number of nitrogens with one attached hydrogen (secondary N) is 1. The van der Waals surface area contributed by atoms with E-state index in [0.29, 0.717) is 0 Å². The number of amides is 3. The highest BCUT2D eigenvalue weighted by atomic mass is 79.9. The molecule has 0 aliphatic carbocycles. The summed E-state index contributed by atoms with van der Waals surface area (Å²) in [4.78, 5) is 20.0. The van der Waals surface area contributed by atoms with E-state index in [4.69, 9.17) is 0 Å². The zero-order valence-electron chi connectivity index (χ0n) is 4.17. The summed E-state index contributed by atoms with van der Waals surface area (Å²) >= 11 is 2.86. The van der Waals surface area contributed by atoms with Crippen LogP contribution in [0.1, 0.15) is 0 Å². The van der Waals surface area contributed by atoms with E-state index in [-0.39, 0.29) is 0 Å². The van der Waals surface area contributed by atoms with Gasteiger partial charge in [-0.05, 0) is 0 Å². The zero-order chi connectivity index (χ0) is 6.85. The molecule has 6 heteroatoms. The first kappa shape index (κ1) is 6.34. The maximum atomic E-state index is 10.5. The molecule has 48 valence electrons. The Labute approximate surface area is 58.7 Å². The van der Waals surface area contributed by atoms with E-state index in [1.807, 2.05) is 5.32 Å². The number of carbonyl (C=O) groups is 2. The lowest BCUT2D eigenvalue weighted by molar-refractivity contribution is -0.119. The second kappa shape index (κ2) is 2.22. The number of alkyl halides is 1. The molecule has 0 fully saturated rings. The van der Waals surface area contributed by atoms with Crippen LogP contribution in [0.5, 0.6) is 0 Å². The zero-order valence-corrected chi connectivity index (χ0v) is 5.75. The quantitative estimate of drug-likeness (QED) is 0.445. The monoisotopic (exact) mass is 191 g/mol. The van der Waals surface area contributed by atoms with E-state index in [2.05, 4.69) is 26.2 Å². The van der Waals surface area contributed by atoms with Gasteiger partial charge in [0.25, 0.3) is 5.91 Å². The van der Waals surface area contributed by atoms with Crippen molar-refractivity contribution in [3.05, 3.63) is 0 Å². The minimum atomic E-state index is -0.713. The van der Waals surface area contributed by atoms with Crippen LogP contribution in [-0.2, 0) is 4.79 Å². The van der Waals surface area contributed by atoms with Gasteiger partial charge >= 0.3 is 6.03 Å². The van der Waals surface area contributed by atoms with Crippen molar-refractivity contribution < 1.29 is 9.59 Å². The van der Waals surface area contributed by atoms with Crippen LogP contribution in [0.15, 0.2) is 10.2 Å². The summed E-state index contributed by atoms with van der Waals surface area (Å²) in [5.41, 5.74) is 0. The highest BCUT2D eigenvalue weighted by Gasteiger charge is 2.20. The third-order valence-electron chi connectivity index (χ3n) is 0.696. The number of nitrogens with zero attached hydrogens (tertiary/aromatic N) is 2. The molecule has 1 rings (SSSR count). The summed E-state index contributed by atoms with van der Waals surface area (Å²) in [5.74, 6) is -0.477. The second-order valence-corrected chi connectivity index (χ2v) is 2.21. The van der Waals surface area contributed by atoms with Crippen LogP contribution in [0.3, 0.4) is 0 Å². The summed E-state index contributed by atoms with van der Waals surface area (Å²) in [6.45, 7) is 0. The standard InChI is InChI=1S/C3H2BrN3O2/c4-1-2(8)5-3(9)7-6-1/h1H,(H,5,8,9). The molecule has 1 unspecified atom stereocenters. The van der Waals surface area contributed by atoms with E-state index in [1.165, 1.54) is 0 Å². The van der Waals surface area contributed by atoms with Gasteiger partial charge in [-0.15, -0.1) is 0 Å².